The van der Waals surface area contributed by atoms with Gasteiger partial charge < -0.3 is 21.3 Å². The lowest BCUT2D eigenvalue weighted by Crippen LogP contribution is -2.36. The van der Waals surface area contributed by atoms with Crippen LogP contribution >= 0.6 is 27.7 Å². The van der Waals surface area contributed by atoms with E-state index in [-0.39, 0.29) is 29.9 Å². The molecule has 4 N–H and O–H groups in total. The third-order valence-electron chi connectivity index (χ3n) is 5.90. The molecule has 170 valence electrons. The minimum Gasteiger partial charge on any atom is -0.354 e. The summed E-state index contributed by atoms with van der Waals surface area (Å²) < 4.78 is 0.998. The van der Waals surface area contributed by atoms with Gasteiger partial charge in [-0.3, -0.25) is 9.59 Å². The van der Waals surface area contributed by atoms with Gasteiger partial charge in [-0.2, -0.15) is 11.8 Å². The molecule has 2 aromatic carbocycles. The van der Waals surface area contributed by atoms with Crippen molar-refractivity contribution in [2.75, 3.05) is 18.8 Å². The standard InChI is InChI=1S/C23H27BrN4O3S/c24-17-5-3-4-14-12-15(8-9-16(14)17)22(30)26-11-10-25-20(29)7-2-1-6-19-21-18(13-32-19)27-23(31)28-21/h3-5,8-9,12,18-19,21H,1-2,6-7,10-11,13H2,(H,25,29)(H,26,30)(H2,27,28,31)/t18-,19-,21-/m0/s1. The maximum Gasteiger partial charge on any atom is 0.315 e. The highest BCUT2D eigenvalue weighted by molar-refractivity contribution is 9.10. The summed E-state index contributed by atoms with van der Waals surface area (Å²) in [5.41, 5.74) is 0.600. The van der Waals surface area contributed by atoms with E-state index in [1.807, 2.05) is 42.1 Å². The number of unbranched alkanes of at least 4 members (excludes halogenated alkanes) is 1. The highest BCUT2D eigenvalue weighted by atomic mass is 79.9. The summed E-state index contributed by atoms with van der Waals surface area (Å²) in [7, 11) is 0. The summed E-state index contributed by atoms with van der Waals surface area (Å²) in [6.45, 7) is 0.791. The summed E-state index contributed by atoms with van der Waals surface area (Å²) in [6.07, 6.45) is 3.25. The van der Waals surface area contributed by atoms with Gasteiger partial charge in [0.25, 0.3) is 5.91 Å². The smallest absolute Gasteiger partial charge is 0.315 e. The molecule has 3 atom stereocenters. The zero-order valence-electron chi connectivity index (χ0n) is 17.7. The Bertz CT molecular complexity index is 1020. The number of hydrogen-bond acceptors (Lipinski definition) is 4. The van der Waals surface area contributed by atoms with Crippen LogP contribution in [-0.4, -0.2) is 54.0 Å². The lowest BCUT2D eigenvalue weighted by Gasteiger charge is -2.16. The van der Waals surface area contributed by atoms with Crippen molar-refractivity contribution in [1.82, 2.24) is 21.3 Å². The molecule has 9 heteroatoms. The summed E-state index contributed by atoms with van der Waals surface area (Å²) in [6, 6.07) is 11.9. The zero-order valence-corrected chi connectivity index (χ0v) is 20.1. The van der Waals surface area contributed by atoms with E-state index in [0.717, 1.165) is 40.3 Å². The molecule has 2 saturated heterocycles. The number of rotatable bonds is 9. The fraction of sp³-hybridized carbons (Fsp3) is 0.435. The molecule has 2 aliphatic rings. The average Bonchev–Trinajstić information content (AvgIpc) is 3.33. The number of carbonyl (C=O) groups excluding carboxylic acids is 3. The van der Waals surface area contributed by atoms with Gasteiger partial charge in [0, 0.05) is 40.5 Å². The van der Waals surface area contributed by atoms with Gasteiger partial charge in [0.15, 0.2) is 0 Å². The molecule has 2 aliphatic heterocycles. The quantitative estimate of drug-likeness (QED) is 0.302. The molecule has 0 bridgehead atoms. The van der Waals surface area contributed by atoms with Gasteiger partial charge in [-0.15, -0.1) is 0 Å². The molecule has 2 aromatic rings. The van der Waals surface area contributed by atoms with Crippen LogP contribution in [0.1, 0.15) is 36.0 Å². The second kappa shape index (κ2) is 10.6. The lowest BCUT2D eigenvalue weighted by atomic mass is 10.0. The Hall–Kier alpha value is -2.26. The van der Waals surface area contributed by atoms with Crippen molar-refractivity contribution in [2.24, 2.45) is 0 Å². The fourth-order valence-electron chi connectivity index (χ4n) is 4.23. The molecule has 7 nitrogen and oxygen atoms in total. The summed E-state index contributed by atoms with van der Waals surface area (Å²) in [5, 5.41) is 14.1. The van der Waals surface area contributed by atoms with Crippen LogP contribution in [0.4, 0.5) is 4.79 Å². The van der Waals surface area contributed by atoms with Crippen LogP contribution in [0.5, 0.6) is 0 Å². The molecule has 0 aromatic heterocycles. The zero-order chi connectivity index (χ0) is 22.5. The van der Waals surface area contributed by atoms with E-state index >= 15 is 0 Å². The lowest BCUT2D eigenvalue weighted by molar-refractivity contribution is -0.121. The SMILES string of the molecule is O=C(CCCC[C@@H]1SC[C@@H]2NC(=O)N[C@@H]21)NCCNC(=O)c1ccc2c(Br)cccc2c1. The van der Waals surface area contributed by atoms with Gasteiger partial charge in [0.2, 0.25) is 5.91 Å². The first-order valence-electron chi connectivity index (χ1n) is 10.9. The van der Waals surface area contributed by atoms with E-state index in [0.29, 0.717) is 30.3 Å². The van der Waals surface area contributed by atoms with Crippen LogP contribution in [0.2, 0.25) is 0 Å². The largest absolute Gasteiger partial charge is 0.354 e. The fourth-order valence-corrected chi connectivity index (χ4v) is 6.29. The van der Waals surface area contributed by atoms with Crippen molar-refractivity contribution in [3.05, 3.63) is 46.4 Å². The Morgan fingerprint density at radius 2 is 1.94 bits per heavy atom. The number of halogens is 1. The predicted molar refractivity (Wildman–Crippen MR) is 131 cm³/mol. The summed E-state index contributed by atoms with van der Waals surface area (Å²) in [4.78, 5) is 35.9. The van der Waals surface area contributed by atoms with Crippen molar-refractivity contribution in [3.8, 4) is 0 Å². The number of amides is 4. The Kier molecular flexibility index (Phi) is 7.57. The first-order valence-corrected chi connectivity index (χ1v) is 12.8. The molecule has 0 aliphatic carbocycles. The van der Waals surface area contributed by atoms with Crippen LogP contribution in [0.15, 0.2) is 40.9 Å². The van der Waals surface area contributed by atoms with E-state index in [1.54, 1.807) is 6.07 Å². The Labute approximate surface area is 200 Å². The van der Waals surface area contributed by atoms with Gasteiger partial charge in [-0.1, -0.05) is 40.5 Å². The first-order chi connectivity index (χ1) is 15.5. The van der Waals surface area contributed by atoms with Crippen molar-refractivity contribution >= 4 is 56.3 Å². The van der Waals surface area contributed by atoms with Crippen molar-refractivity contribution in [3.63, 3.8) is 0 Å². The Morgan fingerprint density at radius 1 is 1.09 bits per heavy atom. The minimum absolute atomic E-state index is 0.00240. The van der Waals surface area contributed by atoms with Crippen molar-refractivity contribution < 1.29 is 14.4 Å². The minimum atomic E-state index is -0.151. The van der Waals surface area contributed by atoms with Crippen LogP contribution in [0.25, 0.3) is 10.8 Å². The molecule has 4 rings (SSSR count). The van der Waals surface area contributed by atoms with Crippen LogP contribution in [0.3, 0.4) is 0 Å². The Balaban J connectivity index is 1.10. The molecule has 0 unspecified atom stereocenters. The van der Waals surface area contributed by atoms with E-state index in [9.17, 15) is 14.4 Å². The summed E-state index contributed by atoms with van der Waals surface area (Å²) >= 11 is 5.41. The van der Waals surface area contributed by atoms with Gasteiger partial charge in [0.1, 0.15) is 0 Å². The molecule has 0 spiro atoms. The molecule has 32 heavy (non-hydrogen) atoms. The topological polar surface area (TPSA) is 99.3 Å². The number of hydrogen-bond donors (Lipinski definition) is 4. The number of thioether (sulfide) groups is 1. The monoisotopic (exact) mass is 518 g/mol. The van der Waals surface area contributed by atoms with E-state index in [4.69, 9.17) is 0 Å². The molecular weight excluding hydrogens is 492 g/mol. The molecular formula is C23H27BrN4O3S. The van der Waals surface area contributed by atoms with Crippen LogP contribution in [-0.2, 0) is 4.79 Å². The second-order valence-electron chi connectivity index (χ2n) is 8.15. The van der Waals surface area contributed by atoms with Gasteiger partial charge >= 0.3 is 6.03 Å². The van der Waals surface area contributed by atoms with Gasteiger partial charge in [0.05, 0.1) is 12.1 Å². The van der Waals surface area contributed by atoms with Gasteiger partial charge in [-0.05, 0) is 41.8 Å². The van der Waals surface area contributed by atoms with E-state index in [1.165, 1.54) is 0 Å². The Morgan fingerprint density at radius 3 is 2.81 bits per heavy atom. The number of nitrogens with one attached hydrogen (secondary N) is 4. The molecule has 0 saturated carbocycles. The molecule has 0 radical (unpaired) electrons. The molecule has 2 fully saturated rings. The predicted octanol–water partition coefficient (Wildman–Crippen LogP) is 3.17. The van der Waals surface area contributed by atoms with Crippen LogP contribution in [0, 0.1) is 0 Å². The van der Waals surface area contributed by atoms with E-state index < -0.39 is 0 Å². The number of carbonyl (C=O) groups is 3. The normalized spacial score (nSPS) is 21.7. The third-order valence-corrected chi connectivity index (χ3v) is 8.10. The summed E-state index contributed by atoms with van der Waals surface area (Å²) in [5.74, 6) is 0.807. The number of urea groups is 1. The van der Waals surface area contributed by atoms with E-state index in [2.05, 4.69) is 37.2 Å². The van der Waals surface area contributed by atoms with Crippen molar-refractivity contribution in [2.45, 2.75) is 43.0 Å². The maximum atomic E-state index is 12.4. The number of fused-ring (bicyclic) bond motifs is 2. The first kappa shape index (κ1) is 22.9. The highest BCUT2D eigenvalue weighted by Crippen LogP contribution is 2.33. The number of benzene rings is 2. The molecule has 4 amide bonds. The molecule has 2 heterocycles. The maximum absolute atomic E-state index is 12.4. The van der Waals surface area contributed by atoms with Gasteiger partial charge in [-0.25, -0.2) is 4.79 Å². The second-order valence-corrected chi connectivity index (χ2v) is 10.3. The average molecular weight is 519 g/mol. The third kappa shape index (κ3) is 5.56. The highest BCUT2D eigenvalue weighted by Gasteiger charge is 2.42. The van der Waals surface area contributed by atoms with Crippen LogP contribution < -0.4 is 21.3 Å². The van der Waals surface area contributed by atoms with Crippen molar-refractivity contribution in [1.29, 1.82) is 0 Å².